The Morgan fingerprint density at radius 3 is 2.50 bits per heavy atom. The van der Waals surface area contributed by atoms with E-state index in [9.17, 15) is 14.7 Å². The van der Waals surface area contributed by atoms with Gasteiger partial charge in [0.2, 0.25) is 11.8 Å². The standard InChI is InChI=1S/C19H28N2O3/c1-12(2)16-9-4-13(3)10-17(16)19(24)20-11-18(23)21-14-5-7-15(22)8-6-14/h5-8,12-13,16-17,22H,4,9-11H2,1-3H3,(H,20,24)(H,21,23)/t13?,16-,17+/m0/s1. The van der Waals surface area contributed by atoms with E-state index in [-0.39, 0.29) is 30.0 Å². The number of rotatable bonds is 5. The van der Waals surface area contributed by atoms with E-state index in [2.05, 4.69) is 31.4 Å². The maximum absolute atomic E-state index is 12.5. The number of carbonyl (C=O) groups is 2. The van der Waals surface area contributed by atoms with E-state index in [0.717, 1.165) is 12.8 Å². The molecular formula is C19H28N2O3. The Bertz CT molecular complexity index is 568. The molecular weight excluding hydrogens is 304 g/mol. The van der Waals surface area contributed by atoms with Crippen LogP contribution in [0.3, 0.4) is 0 Å². The second-order valence-corrected chi connectivity index (χ2v) is 7.25. The summed E-state index contributed by atoms with van der Waals surface area (Å²) in [6.45, 7) is 6.49. The third-order valence-corrected chi connectivity index (χ3v) is 4.93. The van der Waals surface area contributed by atoms with Crippen molar-refractivity contribution in [1.29, 1.82) is 0 Å². The average Bonchev–Trinajstić information content (AvgIpc) is 2.54. The maximum Gasteiger partial charge on any atom is 0.243 e. The van der Waals surface area contributed by atoms with Gasteiger partial charge in [-0.25, -0.2) is 0 Å². The number of phenolic OH excluding ortho intramolecular Hbond substituents is 1. The van der Waals surface area contributed by atoms with Gasteiger partial charge in [-0.3, -0.25) is 9.59 Å². The molecule has 0 spiro atoms. The lowest BCUT2D eigenvalue weighted by atomic mass is 9.70. The molecule has 0 aromatic heterocycles. The van der Waals surface area contributed by atoms with Crippen LogP contribution in [-0.4, -0.2) is 23.5 Å². The molecule has 2 rings (SSSR count). The van der Waals surface area contributed by atoms with E-state index in [1.807, 2.05) is 0 Å². The SMILES string of the molecule is CC1CC[C@@H](C(C)C)[C@H](C(=O)NCC(=O)Nc2ccc(O)cc2)C1. The molecule has 0 saturated heterocycles. The highest BCUT2D eigenvalue weighted by Gasteiger charge is 2.35. The van der Waals surface area contributed by atoms with E-state index in [1.54, 1.807) is 12.1 Å². The van der Waals surface area contributed by atoms with Gasteiger partial charge in [0.15, 0.2) is 0 Å². The van der Waals surface area contributed by atoms with Gasteiger partial charge in [-0.05, 0) is 54.9 Å². The largest absolute Gasteiger partial charge is 0.508 e. The van der Waals surface area contributed by atoms with Gasteiger partial charge in [0.25, 0.3) is 0 Å². The molecule has 0 bridgehead atoms. The number of hydrogen-bond donors (Lipinski definition) is 3. The first-order chi connectivity index (χ1) is 11.4. The average molecular weight is 332 g/mol. The minimum absolute atomic E-state index is 0.00442. The number of benzene rings is 1. The minimum Gasteiger partial charge on any atom is -0.508 e. The van der Waals surface area contributed by atoms with E-state index < -0.39 is 0 Å². The van der Waals surface area contributed by atoms with E-state index in [1.165, 1.54) is 18.6 Å². The molecule has 1 saturated carbocycles. The molecule has 24 heavy (non-hydrogen) atoms. The summed E-state index contributed by atoms with van der Waals surface area (Å²) in [6.07, 6.45) is 3.15. The highest BCUT2D eigenvalue weighted by molar-refractivity contribution is 5.94. The Morgan fingerprint density at radius 2 is 1.88 bits per heavy atom. The van der Waals surface area contributed by atoms with Crippen LogP contribution in [0.15, 0.2) is 24.3 Å². The monoisotopic (exact) mass is 332 g/mol. The van der Waals surface area contributed by atoms with Gasteiger partial charge >= 0.3 is 0 Å². The number of phenols is 1. The zero-order valence-corrected chi connectivity index (χ0v) is 14.7. The van der Waals surface area contributed by atoms with Crippen molar-refractivity contribution in [1.82, 2.24) is 5.32 Å². The van der Waals surface area contributed by atoms with Gasteiger partial charge in [0.1, 0.15) is 5.75 Å². The number of aromatic hydroxyl groups is 1. The Labute approximate surface area is 143 Å². The first kappa shape index (κ1) is 18.3. The fourth-order valence-corrected chi connectivity index (χ4v) is 3.55. The van der Waals surface area contributed by atoms with Gasteiger partial charge in [0, 0.05) is 11.6 Å². The van der Waals surface area contributed by atoms with Crippen LogP contribution < -0.4 is 10.6 Å². The normalized spacial score (nSPS) is 23.8. The van der Waals surface area contributed by atoms with Crippen LogP contribution in [0.4, 0.5) is 5.69 Å². The summed E-state index contributed by atoms with van der Waals surface area (Å²) in [5, 5.41) is 14.7. The Hall–Kier alpha value is -2.04. The van der Waals surface area contributed by atoms with Crippen LogP contribution in [-0.2, 0) is 9.59 Å². The number of hydrogen-bond acceptors (Lipinski definition) is 3. The predicted octanol–water partition coefficient (Wildman–Crippen LogP) is 3.16. The van der Waals surface area contributed by atoms with Crippen LogP contribution in [0.5, 0.6) is 5.75 Å². The molecule has 0 aliphatic heterocycles. The van der Waals surface area contributed by atoms with Crippen molar-refractivity contribution >= 4 is 17.5 Å². The number of nitrogens with one attached hydrogen (secondary N) is 2. The summed E-state index contributed by atoms with van der Waals surface area (Å²) in [5.74, 6) is 1.28. The highest BCUT2D eigenvalue weighted by Crippen LogP contribution is 2.38. The molecule has 1 aromatic rings. The van der Waals surface area contributed by atoms with Crippen molar-refractivity contribution in [3.63, 3.8) is 0 Å². The molecule has 3 atom stereocenters. The molecule has 132 valence electrons. The van der Waals surface area contributed by atoms with Crippen molar-refractivity contribution in [2.75, 3.05) is 11.9 Å². The zero-order valence-electron chi connectivity index (χ0n) is 14.7. The summed E-state index contributed by atoms with van der Waals surface area (Å²) in [7, 11) is 0. The van der Waals surface area contributed by atoms with E-state index in [0.29, 0.717) is 23.4 Å². The van der Waals surface area contributed by atoms with Crippen molar-refractivity contribution in [2.24, 2.45) is 23.7 Å². The second-order valence-electron chi connectivity index (χ2n) is 7.25. The van der Waals surface area contributed by atoms with E-state index in [4.69, 9.17) is 0 Å². The van der Waals surface area contributed by atoms with E-state index >= 15 is 0 Å². The lowest BCUT2D eigenvalue weighted by Gasteiger charge is -2.36. The zero-order chi connectivity index (χ0) is 17.7. The predicted molar refractivity (Wildman–Crippen MR) is 94.6 cm³/mol. The molecule has 1 aromatic carbocycles. The van der Waals surface area contributed by atoms with Crippen molar-refractivity contribution in [2.45, 2.75) is 40.0 Å². The van der Waals surface area contributed by atoms with Crippen molar-refractivity contribution < 1.29 is 14.7 Å². The fraction of sp³-hybridized carbons (Fsp3) is 0.579. The summed E-state index contributed by atoms with van der Waals surface area (Å²) < 4.78 is 0. The quantitative estimate of drug-likeness (QED) is 0.725. The molecule has 3 N–H and O–H groups in total. The Balaban J connectivity index is 1.86. The summed E-state index contributed by atoms with van der Waals surface area (Å²) in [5.41, 5.74) is 0.596. The van der Waals surface area contributed by atoms with Crippen LogP contribution in [0.25, 0.3) is 0 Å². The third-order valence-electron chi connectivity index (χ3n) is 4.93. The number of carbonyl (C=O) groups excluding carboxylic acids is 2. The lowest BCUT2D eigenvalue weighted by molar-refractivity contribution is -0.131. The second kappa shape index (κ2) is 8.18. The van der Waals surface area contributed by atoms with Crippen LogP contribution in [0, 0.1) is 23.7 Å². The molecule has 1 fully saturated rings. The highest BCUT2D eigenvalue weighted by atomic mass is 16.3. The third kappa shape index (κ3) is 4.98. The number of anilines is 1. The summed E-state index contributed by atoms with van der Waals surface area (Å²) >= 11 is 0. The molecule has 0 radical (unpaired) electrons. The van der Waals surface area contributed by atoms with Gasteiger partial charge in [-0.15, -0.1) is 0 Å². The molecule has 1 aliphatic carbocycles. The van der Waals surface area contributed by atoms with Crippen molar-refractivity contribution in [3.8, 4) is 5.75 Å². The molecule has 1 aliphatic rings. The van der Waals surface area contributed by atoms with Crippen LogP contribution in [0.1, 0.15) is 40.0 Å². The Morgan fingerprint density at radius 1 is 1.21 bits per heavy atom. The molecule has 1 unspecified atom stereocenters. The molecule has 0 heterocycles. The van der Waals surface area contributed by atoms with Crippen LogP contribution >= 0.6 is 0 Å². The topological polar surface area (TPSA) is 78.4 Å². The maximum atomic E-state index is 12.5. The van der Waals surface area contributed by atoms with Gasteiger partial charge < -0.3 is 15.7 Å². The first-order valence-electron chi connectivity index (χ1n) is 8.73. The fourth-order valence-electron chi connectivity index (χ4n) is 3.55. The first-order valence-corrected chi connectivity index (χ1v) is 8.73. The summed E-state index contributed by atoms with van der Waals surface area (Å²) in [4.78, 5) is 24.5. The van der Waals surface area contributed by atoms with Crippen LogP contribution in [0.2, 0.25) is 0 Å². The molecule has 5 heteroatoms. The molecule has 2 amide bonds. The van der Waals surface area contributed by atoms with Gasteiger partial charge in [0.05, 0.1) is 6.54 Å². The van der Waals surface area contributed by atoms with Gasteiger partial charge in [-0.2, -0.15) is 0 Å². The summed E-state index contributed by atoms with van der Waals surface area (Å²) in [6, 6.07) is 6.25. The lowest BCUT2D eigenvalue weighted by Crippen LogP contribution is -2.42. The minimum atomic E-state index is -0.265. The number of amides is 2. The smallest absolute Gasteiger partial charge is 0.243 e. The Kier molecular flexibility index (Phi) is 6.23. The van der Waals surface area contributed by atoms with Gasteiger partial charge in [-0.1, -0.05) is 27.2 Å². The van der Waals surface area contributed by atoms with Crippen molar-refractivity contribution in [3.05, 3.63) is 24.3 Å². The molecule has 5 nitrogen and oxygen atoms in total.